The van der Waals surface area contributed by atoms with Crippen LogP contribution in [0.25, 0.3) is 0 Å². The molecule has 0 aliphatic carbocycles. The van der Waals surface area contributed by atoms with Gasteiger partial charge in [0.25, 0.3) is 0 Å². The average molecular weight is 386 g/mol. The van der Waals surface area contributed by atoms with Gasteiger partial charge in [0.1, 0.15) is 25.0 Å². The van der Waals surface area contributed by atoms with Gasteiger partial charge in [0.05, 0.1) is 15.2 Å². The van der Waals surface area contributed by atoms with E-state index in [9.17, 15) is 0 Å². The Morgan fingerprint density at radius 1 is 1.26 bits per heavy atom. The molecule has 1 heterocycles. The highest BCUT2D eigenvalue weighted by Gasteiger charge is 2.07. The molecule has 2 rings (SSSR count). The van der Waals surface area contributed by atoms with Crippen LogP contribution in [-0.4, -0.2) is 27.7 Å². The van der Waals surface area contributed by atoms with Crippen LogP contribution in [0.5, 0.6) is 5.75 Å². The normalized spacial score (nSPS) is 10.8. The summed E-state index contributed by atoms with van der Waals surface area (Å²) in [6.45, 7) is 4.07. The van der Waals surface area contributed by atoms with Crippen molar-refractivity contribution in [3.63, 3.8) is 0 Å². The van der Waals surface area contributed by atoms with Crippen molar-refractivity contribution in [2.24, 2.45) is 5.10 Å². The molecule has 0 aliphatic rings. The van der Waals surface area contributed by atoms with Crippen molar-refractivity contribution in [2.75, 3.05) is 6.61 Å². The zero-order valence-electron chi connectivity index (χ0n) is 9.83. The Morgan fingerprint density at radius 3 is 2.47 bits per heavy atom. The highest BCUT2D eigenvalue weighted by atomic mass is 79.9. The van der Waals surface area contributed by atoms with Crippen LogP contribution in [0.1, 0.15) is 5.56 Å². The maximum absolute atomic E-state index is 5.54. The van der Waals surface area contributed by atoms with Crippen molar-refractivity contribution in [3.8, 4) is 5.75 Å². The number of halogens is 2. The van der Waals surface area contributed by atoms with Gasteiger partial charge < -0.3 is 4.74 Å². The topological polar surface area (TPSA) is 52.3 Å². The van der Waals surface area contributed by atoms with Crippen LogP contribution >= 0.6 is 31.9 Å². The molecule has 0 unspecified atom stereocenters. The Bertz CT molecular complexity index is 573. The SMILES string of the molecule is C=CCOc1c(Br)cc(C=Nn2cnnc2)cc1Br. The minimum atomic E-state index is 0.450. The Balaban J connectivity index is 2.22. The lowest BCUT2D eigenvalue weighted by atomic mass is 10.2. The molecule has 2 aromatic rings. The minimum Gasteiger partial charge on any atom is -0.487 e. The summed E-state index contributed by atoms with van der Waals surface area (Å²) in [5.74, 6) is 0.737. The average Bonchev–Trinajstić information content (AvgIpc) is 2.88. The maximum Gasteiger partial charge on any atom is 0.148 e. The van der Waals surface area contributed by atoms with Gasteiger partial charge in [-0.2, -0.15) is 5.10 Å². The fourth-order valence-electron chi connectivity index (χ4n) is 1.32. The highest BCUT2D eigenvalue weighted by molar-refractivity contribution is 9.11. The molecule has 0 saturated carbocycles. The van der Waals surface area contributed by atoms with E-state index < -0.39 is 0 Å². The third kappa shape index (κ3) is 3.74. The van der Waals surface area contributed by atoms with E-state index in [1.54, 1.807) is 12.3 Å². The lowest BCUT2D eigenvalue weighted by Gasteiger charge is -2.09. The van der Waals surface area contributed by atoms with Crippen LogP contribution in [-0.2, 0) is 0 Å². The molecular formula is C12H10Br2N4O. The maximum atomic E-state index is 5.54. The number of hydrogen-bond acceptors (Lipinski definition) is 4. The van der Waals surface area contributed by atoms with E-state index in [1.807, 2.05) is 12.1 Å². The van der Waals surface area contributed by atoms with Gasteiger partial charge in [-0.15, -0.1) is 10.2 Å². The molecule has 0 fully saturated rings. The lowest BCUT2D eigenvalue weighted by Crippen LogP contribution is -1.96. The van der Waals surface area contributed by atoms with Crippen molar-refractivity contribution in [1.29, 1.82) is 0 Å². The quantitative estimate of drug-likeness (QED) is 0.586. The summed E-state index contributed by atoms with van der Waals surface area (Å²) < 4.78 is 8.74. The van der Waals surface area contributed by atoms with Gasteiger partial charge in [0.15, 0.2) is 0 Å². The van der Waals surface area contributed by atoms with E-state index >= 15 is 0 Å². The molecule has 98 valence electrons. The van der Waals surface area contributed by atoms with E-state index in [1.165, 1.54) is 17.3 Å². The fraction of sp³-hybridized carbons (Fsp3) is 0.0833. The van der Waals surface area contributed by atoms with Gasteiger partial charge in [-0.1, -0.05) is 12.7 Å². The van der Waals surface area contributed by atoms with Crippen LogP contribution in [0, 0.1) is 0 Å². The van der Waals surface area contributed by atoms with Gasteiger partial charge in [0, 0.05) is 0 Å². The Labute approximate surface area is 127 Å². The van der Waals surface area contributed by atoms with Gasteiger partial charge in [-0.05, 0) is 49.6 Å². The molecule has 0 aliphatic heterocycles. The first-order chi connectivity index (χ1) is 9.20. The molecule has 1 aromatic carbocycles. The van der Waals surface area contributed by atoms with E-state index in [2.05, 4.69) is 53.7 Å². The minimum absolute atomic E-state index is 0.450. The number of ether oxygens (including phenoxy) is 1. The van der Waals surface area contributed by atoms with Crippen LogP contribution in [0.2, 0.25) is 0 Å². The first-order valence-corrected chi connectivity index (χ1v) is 6.91. The van der Waals surface area contributed by atoms with Gasteiger partial charge in [-0.25, -0.2) is 4.68 Å². The third-order valence-corrected chi connectivity index (χ3v) is 3.29. The first kappa shape index (κ1) is 14.0. The van der Waals surface area contributed by atoms with Crippen LogP contribution in [0.4, 0.5) is 0 Å². The second-order valence-corrected chi connectivity index (χ2v) is 5.21. The Morgan fingerprint density at radius 2 is 1.89 bits per heavy atom. The lowest BCUT2D eigenvalue weighted by molar-refractivity contribution is 0.358. The monoisotopic (exact) mass is 384 g/mol. The molecule has 0 bridgehead atoms. The number of benzene rings is 1. The largest absolute Gasteiger partial charge is 0.487 e. The van der Waals surface area contributed by atoms with Crippen molar-refractivity contribution in [3.05, 3.63) is 52.0 Å². The smallest absolute Gasteiger partial charge is 0.148 e. The molecular weight excluding hydrogens is 376 g/mol. The van der Waals surface area contributed by atoms with Gasteiger partial charge in [-0.3, -0.25) is 0 Å². The van der Waals surface area contributed by atoms with Crippen molar-refractivity contribution < 1.29 is 4.74 Å². The molecule has 0 atom stereocenters. The first-order valence-electron chi connectivity index (χ1n) is 5.32. The predicted octanol–water partition coefficient (Wildman–Crippen LogP) is 3.25. The van der Waals surface area contributed by atoms with E-state index in [0.29, 0.717) is 6.61 Å². The molecule has 0 amide bonds. The molecule has 0 N–H and O–H groups in total. The van der Waals surface area contributed by atoms with Crippen molar-refractivity contribution in [2.45, 2.75) is 0 Å². The summed E-state index contributed by atoms with van der Waals surface area (Å²) in [5.41, 5.74) is 0.915. The summed E-state index contributed by atoms with van der Waals surface area (Å²) in [6, 6.07) is 3.83. The molecule has 0 radical (unpaired) electrons. The third-order valence-electron chi connectivity index (χ3n) is 2.11. The molecule has 0 saturated heterocycles. The Hall–Kier alpha value is -1.47. The van der Waals surface area contributed by atoms with E-state index in [-0.39, 0.29) is 0 Å². The van der Waals surface area contributed by atoms with E-state index in [4.69, 9.17) is 4.74 Å². The second-order valence-electron chi connectivity index (χ2n) is 3.50. The molecule has 1 aromatic heterocycles. The van der Waals surface area contributed by atoms with Gasteiger partial charge >= 0.3 is 0 Å². The summed E-state index contributed by atoms with van der Waals surface area (Å²) in [7, 11) is 0. The number of rotatable bonds is 5. The fourth-order valence-corrected chi connectivity index (χ4v) is 2.77. The zero-order chi connectivity index (χ0) is 13.7. The molecule has 0 spiro atoms. The molecule has 7 heteroatoms. The van der Waals surface area contributed by atoms with Crippen molar-refractivity contribution >= 4 is 38.1 Å². The van der Waals surface area contributed by atoms with Gasteiger partial charge in [0.2, 0.25) is 0 Å². The highest BCUT2D eigenvalue weighted by Crippen LogP contribution is 2.34. The van der Waals surface area contributed by atoms with Crippen molar-refractivity contribution in [1.82, 2.24) is 14.9 Å². The van der Waals surface area contributed by atoms with Crippen LogP contribution in [0.15, 0.2) is 51.5 Å². The number of nitrogens with zero attached hydrogens (tertiary/aromatic N) is 4. The number of aromatic nitrogens is 3. The van der Waals surface area contributed by atoms with E-state index in [0.717, 1.165) is 20.3 Å². The zero-order valence-corrected chi connectivity index (χ0v) is 13.0. The summed E-state index contributed by atoms with van der Waals surface area (Å²) in [5, 5.41) is 11.5. The predicted molar refractivity (Wildman–Crippen MR) is 80.5 cm³/mol. The molecule has 19 heavy (non-hydrogen) atoms. The van der Waals surface area contributed by atoms with Crippen LogP contribution in [0.3, 0.4) is 0 Å². The number of hydrogen-bond donors (Lipinski definition) is 0. The molecule has 5 nitrogen and oxygen atoms in total. The standard InChI is InChI=1S/C12H10Br2N4O/c1-2-3-19-12-10(13)4-9(5-11(12)14)6-17-18-7-15-16-8-18/h2,4-8H,1,3H2. The summed E-state index contributed by atoms with van der Waals surface area (Å²) in [4.78, 5) is 0. The summed E-state index contributed by atoms with van der Waals surface area (Å²) in [6.07, 6.45) is 6.43. The summed E-state index contributed by atoms with van der Waals surface area (Å²) >= 11 is 6.93. The van der Waals surface area contributed by atoms with Crippen LogP contribution < -0.4 is 4.74 Å². The Kier molecular flexibility index (Phi) is 4.86. The second kappa shape index (κ2) is 6.63.